The lowest BCUT2D eigenvalue weighted by molar-refractivity contribution is 0.102. The number of fused-ring (bicyclic) bond motifs is 1. The molecule has 4 rings (SSSR count). The number of benzene rings is 3. The molecular formula is C23H18ClN3O4. The number of ether oxygens (including phenoxy) is 2. The molecule has 0 bridgehead atoms. The highest BCUT2D eigenvalue weighted by molar-refractivity contribution is 6.32. The van der Waals surface area contributed by atoms with Gasteiger partial charge in [-0.2, -0.15) is 0 Å². The van der Waals surface area contributed by atoms with Gasteiger partial charge >= 0.3 is 0 Å². The van der Waals surface area contributed by atoms with E-state index >= 15 is 0 Å². The van der Waals surface area contributed by atoms with E-state index in [-0.39, 0.29) is 11.5 Å². The molecule has 0 aliphatic carbocycles. The van der Waals surface area contributed by atoms with Crippen LogP contribution in [0.15, 0.2) is 71.8 Å². The zero-order valence-corrected chi connectivity index (χ0v) is 17.5. The first kappa shape index (κ1) is 20.4. The Hall–Kier alpha value is -3.84. The quantitative estimate of drug-likeness (QED) is 0.505. The molecule has 1 N–H and O–H groups in total. The first-order valence-corrected chi connectivity index (χ1v) is 9.68. The highest BCUT2D eigenvalue weighted by Crippen LogP contribution is 2.26. The number of methoxy groups -OCH3 is 2. The molecule has 0 radical (unpaired) electrons. The highest BCUT2D eigenvalue weighted by atomic mass is 35.5. The maximum absolute atomic E-state index is 13.0. The summed E-state index contributed by atoms with van der Waals surface area (Å²) in [7, 11) is 3.08. The number of hydrogen-bond donors (Lipinski definition) is 1. The molecule has 7 nitrogen and oxygen atoms in total. The molecule has 0 spiro atoms. The van der Waals surface area contributed by atoms with E-state index in [1.165, 1.54) is 18.0 Å². The Morgan fingerprint density at radius 1 is 1.03 bits per heavy atom. The zero-order valence-electron chi connectivity index (χ0n) is 16.8. The number of hydrogen-bond acceptors (Lipinski definition) is 5. The molecule has 31 heavy (non-hydrogen) atoms. The van der Waals surface area contributed by atoms with Gasteiger partial charge in [-0.25, -0.2) is 4.98 Å². The van der Waals surface area contributed by atoms with Crippen molar-refractivity contribution in [2.75, 3.05) is 19.5 Å². The second-order valence-corrected chi connectivity index (χ2v) is 7.06. The third-order valence-corrected chi connectivity index (χ3v) is 5.06. The summed E-state index contributed by atoms with van der Waals surface area (Å²) in [5, 5.41) is 3.58. The molecule has 0 saturated heterocycles. The van der Waals surface area contributed by atoms with Gasteiger partial charge in [0.15, 0.2) is 0 Å². The Bertz CT molecular complexity index is 1350. The molecule has 8 heteroatoms. The molecule has 156 valence electrons. The lowest BCUT2D eigenvalue weighted by atomic mass is 10.1. The monoisotopic (exact) mass is 435 g/mol. The van der Waals surface area contributed by atoms with Gasteiger partial charge in [-0.05, 0) is 48.5 Å². The molecule has 0 fully saturated rings. The Kier molecular flexibility index (Phi) is 5.60. The summed E-state index contributed by atoms with van der Waals surface area (Å²) in [6, 6.07) is 16.8. The minimum absolute atomic E-state index is 0.272. The van der Waals surface area contributed by atoms with Crippen molar-refractivity contribution in [1.82, 2.24) is 9.55 Å². The maximum Gasteiger partial charge on any atom is 0.265 e. The normalized spacial score (nSPS) is 10.7. The van der Waals surface area contributed by atoms with Crippen LogP contribution in [-0.2, 0) is 0 Å². The van der Waals surface area contributed by atoms with Crippen molar-refractivity contribution >= 4 is 34.1 Å². The third kappa shape index (κ3) is 4.08. The van der Waals surface area contributed by atoms with E-state index < -0.39 is 0 Å². The number of amides is 1. The van der Waals surface area contributed by atoms with Crippen LogP contribution in [0.25, 0.3) is 16.6 Å². The second kappa shape index (κ2) is 8.49. The van der Waals surface area contributed by atoms with Crippen molar-refractivity contribution in [3.05, 3.63) is 87.9 Å². The summed E-state index contributed by atoms with van der Waals surface area (Å²) in [5.41, 5.74) is 1.69. The first-order chi connectivity index (χ1) is 15.0. The van der Waals surface area contributed by atoms with Gasteiger partial charge in [-0.15, -0.1) is 0 Å². The lowest BCUT2D eigenvalue weighted by Crippen LogP contribution is -2.19. The average Bonchev–Trinajstić information content (AvgIpc) is 2.79. The molecule has 1 amide bonds. The molecule has 3 aromatic carbocycles. The standard InChI is InChI=1S/C23H18ClN3O4/c1-30-17-5-3-4-15(11-17)26-22(28)14-6-8-18-20(10-14)25-13-27(23(18)29)16-7-9-21(31-2)19(24)12-16/h3-13H,1-2H3,(H,26,28). The molecule has 0 saturated carbocycles. The topological polar surface area (TPSA) is 82.5 Å². The van der Waals surface area contributed by atoms with Gasteiger partial charge in [0.2, 0.25) is 0 Å². The van der Waals surface area contributed by atoms with Gasteiger partial charge in [0.05, 0.1) is 35.8 Å². The van der Waals surface area contributed by atoms with Gasteiger partial charge in [-0.3, -0.25) is 14.2 Å². The van der Waals surface area contributed by atoms with Crippen molar-refractivity contribution in [1.29, 1.82) is 0 Å². The van der Waals surface area contributed by atoms with Crippen molar-refractivity contribution in [2.45, 2.75) is 0 Å². The van der Waals surface area contributed by atoms with Crippen molar-refractivity contribution < 1.29 is 14.3 Å². The molecule has 0 aliphatic heterocycles. The predicted molar refractivity (Wildman–Crippen MR) is 120 cm³/mol. The Balaban J connectivity index is 1.66. The van der Waals surface area contributed by atoms with Crippen LogP contribution in [-0.4, -0.2) is 29.7 Å². The highest BCUT2D eigenvalue weighted by Gasteiger charge is 2.12. The second-order valence-electron chi connectivity index (χ2n) is 6.66. The average molecular weight is 436 g/mol. The summed E-state index contributed by atoms with van der Waals surface area (Å²) in [6.45, 7) is 0. The van der Waals surface area contributed by atoms with E-state index in [2.05, 4.69) is 10.3 Å². The maximum atomic E-state index is 13.0. The van der Waals surface area contributed by atoms with Crippen molar-refractivity contribution in [2.24, 2.45) is 0 Å². The molecule has 0 aliphatic rings. The predicted octanol–water partition coefficient (Wildman–Crippen LogP) is 4.31. The third-order valence-electron chi connectivity index (χ3n) is 4.76. The van der Waals surface area contributed by atoms with Gasteiger partial charge in [-0.1, -0.05) is 17.7 Å². The van der Waals surface area contributed by atoms with Gasteiger partial charge in [0.1, 0.15) is 17.8 Å². The minimum atomic E-state index is -0.317. The number of aromatic nitrogens is 2. The number of rotatable bonds is 5. The van der Waals surface area contributed by atoms with Crippen LogP contribution in [0.4, 0.5) is 5.69 Å². The van der Waals surface area contributed by atoms with Crippen LogP contribution >= 0.6 is 11.6 Å². The number of halogens is 1. The summed E-state index contributed by atoms with van der Waals surface area (Å²) in [6.07, 6.45) is 1.41. The molecule has 0 unspecified atom stereocenters. The summed E-state index contributed by atoms with van der Waals surface area (Å²) >= 11 is 6.18. The Morgan fingerprint density at radius 2 is 1.87 bits per heavy atom. The number of nitrogens with one attached hydrogen (secondary N) is 1. The van der Waals surface area contributed by atoms with Crippen LogP contribution in [0.1, 0.15) is 10.4 Å². The van der Waals surface area contributed by atoms with Crippen LogP contribution in [0.2, 0.25) is 5.02 Å². The molecule has 0 atom stereocenters. The van der Waals surface area contributed by atoms with E-state index in [9.17, 15) is 9.59 Å². The molecule has 1 aromatic heterocycles. The van der Waals surface area contributed by atoms with E-state index in [0.29, 0.717) is 44.4 Å². The van der Waals surface area contributed by atoms with Crippen LogP contribution < -0.4 is 20.3 Å². The number of anilines is 1. The fraction of sp³-hybridized carbons (Fsp3) is 0.0870. The largest absolute Gasteiger partial charge is 0.497 e. The van der Waals surface area contributed by atoms with Crippen LogP contribution in [0.3, 0.4) is 0 Å². The van der Waals surface area contributed by atoms with E-state index in [0.717, 1.165) is 0 Å². The van der Waals surface area contributed by atoms with Gasteiger partial charge < -0.3 is 14.8 Å². The van der Waals surface area contributed by atoms with E-state index in [1.54, 1.807) is 67.8 Å². The molecular weight excluding hydrogens is 418 g/mol. The van der Waals surface area contributed by atoms with Crippen molar-refractivity contribution in [3.8, 4) is 17.2 Å². The Labute approximate surface area is 182 Å². The smallest absolute Gasteiger partial charge is 0.265 e. The number of carbonyl (C=O) groups excluding carboxylic acids is 1. The Morgan fingerprint density at radius 3 is 2.61 bits per heavy atom. The summed E-state index contributed by atoms with van der Waals surface area (Å²) in [5.74, 6) is 0.833. The molecule has 1 heterocycles. The summed E-state index contributed by atoms with van der Waals surface area (Å²) in [4.78, 5) is 30.0. The molecule has 4 aromatic rings. The van der Waals surface area contributed by atoms with E-state index in [4.69, 9.17) is 21.1 Å². The minimum Gasteiger partial charge on any atom is -0.497 e. The zero-order chi connectivity index (χ0) is 22.0. The van der Waals surface area contributed by atoms with Crippen molar-refractivity contribution in [3.63, 3.8) is 0 Å². The number of nitrogens with zero attached hydrogens (tertiary/aromatic N) is 2. The lowest BCUT2D eigenvalue weighted by Gasteiger charge is -2.10. The van der Waals surface area contributed by atoms with Gasteiger partial charge in [0.25, 0.3) is 11.5 Å². The van der Waals surface area contributed by atoms with Crippen LogP contribution in [0.5, 0.6) is 11.5 Å². The fourth-order valence-corrected chi connectivity index (χ4v) is 3.41. The van der Waals surface area contributed by atoms with Crippen LogP contribution in [0, 0.1) is 0 Å². The summed E-state index contributed by atoms with van der Waals surface area (Å²) < 4.78 is 11.7. The SMILES string of the molecule is COc1cccc(NC(=O)c2ccc3c(=O)n(-c4ccc(OC)c(Cl)c4)cnc3c2)c1. The van der Waals surface area contributed by atoms with E-state index in [1.807, 2.05) is 0 Å². The van der Waals surface area contributed by atoms with Gasteiger partial charge in [0, 0.05) is 17.3 Å². The first-order valence-electron chi connectivity index (χ1n) is 9.31. The number of carbonyl (C=O) groups is 1. The fourth-order valence-electron chi connectivity index (χ4n) is 3.16.